The van der Waals surface area contributed by atoms with Crippen LogP contribution < -0.4 is 5.32 Å². The van der Waals surface area contributed by atoms with Gasteiger partial charge in [-0.3, -0.25) is 9.59 Å². The number of nitrogens with one attached hydrogen (secondary N) is 1. The Morgan fingerprint density at radius 1 is 1.32 bits per heavy atom. The van der Waals surface area contributed by atoms with Gasteiger partial charge in [0.2, 0.25) is 5.91 Å². The van der Waals surface area contributed by atoms with E-state index in [9.17, 15) is 14.4 Å². The molecule has 1 aliphatic carbocycles. The first-order chi connectivity index (χ1) is 8.95. The van der Waals surface area contributed by atoms with Crippen molar-refractivity contribution in [2.45, 2.75) is 51.5 Å². The maximum absolute atomic E-state index is 12.3. The van der Waals surface area contributed by atoms with Gasteiger partial charge in [-0.1, -0.05) is 19.8 Å². The summed E-state index contributed by atoms with van der Waals surface area (Å²) in [6.07, 6.45) is 3.85. The van der Waals surface area contributed by atoms with Crippen LogP contribution in [0.15, 0.2) is 0 Å². The molecule has 0 aromatic rings. The molecule has 0 aliphatic heterocycles. The summed E-state index contributed by atoms with van der Waals surface area (Å²) in [6, 6.07) is -1.22. The van der Waals surface area contributed by atoms with Crippen LogP contribution in [-0.4, -0.2) is 36.1 Å². The number of ether oxygens (including phenoxy) is 1. The van der Waals surface area contributed by atoms with E-state index in [4.69, 9.17) is 5.11 Å². The fourth-order valence-electron chi connectivity index (χ4n) is 2.55. The van der Waals surface area contributed by atoms with Crippen LogP contribution in [0.2, 0.25) is 0 Å². The number of esters is 1. The number of carbonyl (C=O) groups excluding carboxylic acids is 2. The number of aliphatic carboxylic acids is 1. The van der Waals surface area contributed by atoms with E-state index in [1.807, 2.05) is 6.92 Å². The van der Waals surface area contributed by atoms with Crippen molar-refractivity contribution in [3.05, 3.63) is 0 Å². The maximum atomic E-state index is 12.3. The van der Waals surface area contributed by atoms with Crippen LogP contribution in [0.3, 0.4) is 0 Å². The predicted molar refractivity (Wildman–Crippen MR) is 67.4 cm³/mol. The van der Waals surface area contributed by atoms with E-state index >= 15 is 0 Å². The van der Waals surface area contributed by atoms with Crippen molar-refractivity contribution in [1.29, 1.82) is 0 Å². The van der Waals surface area contributed by atoms with Gasteiger partial charge in [-0.2, -0.15) is 0 Å². The molecule has 0 unspecified atom stereocenters. The van der Waals surface area contributed by atoms with Crippen molar-refractivity contribution in [3.63, 3.8) is 0 Å². The van der Waals surface area contributed by atoms with Crippen molar-refractivity contribution in [2.75, 3.05) is 7.11 Å². The van der Waals surface area contributed by atoms with Gasteiger partial charge in [0.1, 0.15) is 6.04 Å². The number of carbonyl (C=O) groups is 3. The van der Waals surface area contributed by atoms with Gasteiger partial charge >= 0.3 is 11.9 Å². The number of carboxylic acids is 1. The van der Waals surface area contributed by atoms with Gasteiger partial charge in [0, 0.05) is 5.41 Å². The highest BCUT2D eigenvalue weighted by molar-refractivity contribution is 5.89. The van der Waals surface area contributed by atoms with Crippen LogP contribution in [0.25, 0.3) is 0 Å². The molecule has 1 saturated carbocycles. The zero-order valence-corrected chi connectivity index (χ0v) is 11.4. The lowest BCUT2D eigenvalue weighted by Crippen LogP contribution is -2.48. The maximum Gasteiger partial charge on any atom is 0.326 e. The Morgan fingerprint density at radius 3 is 2.32 bits per heavy atom. The number of hydrogen-bond acceptors (Lipinski definition) is 4. The van der Waals surface area contributed by atoms with E-state index < -0.39 is 23.4 Å². The number of hydrogen-bond donors (Lipinski definition) is 2. The summed E-state index contributed by atoms with van der Waals surface area (Å²) in [5.74, 6) is -2.13. The van der Waals surface area contributed by atoms with Gasteiger partial charge in [-0.25, -0.2) is 4.79 Å². The van der Waals surface area contributed by atoms with E-state index in [1.165, 1.54) is 7.11 Å². The molecule has 1 rings (SSSR count). The van der Waals surface area contributed by atoms with Crippen molar-refractivity contribution in [2.24, 2.45) is 5.41 Å². The Labute approximate surface area is 112 Å². The number of carboxylic acid groups (broad SMARTS) is 1. The van der Waals surface area contributed by atoms with Gasteiger partial charge < -0.3 is 15.2 Å². The van der Waals surface area contributed by atoms with Gasteiger partial charge in [0.05, 0.1) is 13.5 Å². The largest absolute Gasteiger partial charge is 0.480 e. The monoisotopic (exact) mass is 271 g/mol. The molecule has 0 saturated heterocycles. The lowest BCUT2D eigenvalue weighted by Gasteiger charge is -2.27. The SMILES string of the molecule is CCC1(C(=O)N[C@@H](CC(=O)OC)C(=O)O)CCCC1. The molecule has 1 atom stereocenters. The highest BCUT2D eigenvalue weighted by atomic mass is 16.5. The van der Waals surface area contributed by atoms with Crippen LogP contribution in [0, 0.1) is 5.41 Å². The fourth-order valence-corrected chi connectivity index (χ4v) is 2.55. The number of rotatable bonds is 6. The Balaban J connectivity index is 2.70. The first-order valence-electron chi connectivity index (χ1n) is 6.56. The van der Waals surface area contributed by atoms with E-state index in [-0.39, 0.29) is 12.3 Å². The van der Waals surface area contributed by atoms with Crippen LogP contribution in [0.1, 0.15) is 45.4 Å². The van der Waals surface area contributed by atoms with Crippen LogP contribution in [0.5, 0.6) is 0 Å². The summed E-state index contributed by atoms with van der Waals surface area (Å²) in [7, 11) is 1.19. The normalized spacial score (nSPS) is 18.6. The molecule has 0 aromatic carbocycles. The molecule has 0 bridgehead atoms. The molecule has 1 fully saturated rings. The molecule has 6 nitrogen and oxygen atoms in total. The molecule has 0 heterocycles. The van der Waals surface area contributed by atoms with Crippen LogP contribution in [-0.2, 0) is 19.1 Å². The molecule has 1 amide bonds. The zero-order valence-electron chi connectivity index (χ0n) is 11.4. The third-order valence-electron chi connectivity index (χ3n) is 3.92. The molecular weight excluding hydrogens is 250 g/mol. The molecular formula is C13H21NO5. The Bertz CT molecular complexity index is 360. The molecule has 2 N–H and O–H groups in total. The second-order valence-electron chi connectivity index (χ2n) is 4.99. The number of methoxy groups -OCH3 is 1. The van der Waals surface area contributed by atoms with Crippen molar-refractivity contribution in [1.82, 2.24) is 5.32 Å². The molecule has 0 spiro atoms. The van der Waals surface area contributed by atoms with E-state index in [0.717, 1.165) is 25.7 Å². The van der Waals surface area contributed by atoms with E-state index in [0.29, 0.717) is 6.42 Å². The Kier molecular flexibility index (Phi) is 5.32. The third kappa shape index (κ3) is 3.68. The Morgan fingerprint density at radius 2 is 1.89 bits per heavy atom. The average Bonchev–Trinajstić information content (AvgIpc) is 2.87. The van der Waals surface area contributed by atoms with Crippen molar-refractivity contribution in [3.8, 4) is 0 Å². The topological polar surface area (TPSA) is 92.7 Å². The number of amides is 1. The second kappa shape index (κ2) is 6.54. The fraction of sp³-hybridized carbons (Fsp3) is 0.769. The zero-order chi connectivity index (χ0) is 14.5. The molecule has 1 aliphatic rings. The molecule has 19 heavy (non-hydrogen) atoms. The van der Waals surface area contributed by atoms with Crippen LogP contribution >= 0.6 is 0 Å². The summed E-state index contributed by atoms with van der Waals surface area (Å²) < 4.78 is 4.44. The van der Waals surface area contributed by atoms with Gasteiger partial charge in [-0.15, -0.1) is 0 Å². The summed E-state index contributed by atoms with van der Waals surface area (Å²) >= 11 is 0. The molecule has 0 aromatic heterocycles. The van der Waals surface area contributed by atoms with E-state index in [1.54, 1.807) is 0 Å². The van der Waals surface area contributed by atoms with Crippen molar-refractivity contribution < 1.29 is 24.2 Å². The van der Waals surface area contributed by atoms with Gasteiger partial charge in [0.15, 0.2) is 0 Å². The minimum absolute atomic E-state index is 0.260. The standard InChI is InChI=1S/C13H21NO5/c1-3-13(6-4-5-7-13)12(18)14-9(11(16)17)8-10(15)19-2/h9H,3-8H2,1-2H3,(H,14,18)(H,16,17)/t9-/m0/s1. The minimum atomic E-state index is -1.22. The highest BCUT2D eigenvalue weighted by Crippen LogP contribution is 2.41. The molecule has 0 radical (unpaired) electrons. The second-order valence-corrected chi connectivity index (χ2v) is 4.99. The van der Waals surface area contributed by atoms with Crippen LogP contribution in [0.4, 0.5) is 0 Å². The van der Waals surface area contributed by atoms with Crippen molar-refractivity contribution >= 4 is 17.8 Å². The smallest absolute Gasteiger partial charge is 0.326 e. The lowest BCUT2D eigenvalue weighted by molar-refractivity contribution is -0.149. The average molecular weight is 271 g/mol. The summed E-state index contributed by atoms with van der Waals surface area (Å²) in [4.78, 5) is 34.5. The third-order valence-corrected chi connectivity index (χ3v) is 3.92. The van der Waals surface area contributed by atoms with E-state index in [2.05, 4.69) is 10.1 Å². The summed E-state index contributed by atoms with van der Waals surface area (Å²) in [6.45, 7) is 1.93. The summed E-state index contributed by atoms with van der Waals surface area (Å²) in [5.41, 5.74) is -0.468. The van der Waals surface area contributed by atoms with Gasteiger partial charge in [-0.05, 0) is 19.3 Å². The molecule has 108 valence electrons. The quantitative estimate of drug-likeness (QED) is 0.705. The lowest BCUT2D eigenvalue weighted by atomic mass is 9.82. The highest BCUT2D eigenvalue weighted by Gasteiger charge is 2.41. The first kappa shape index (κ1) is 15.5. The predicted octanol–water partition coefficient (Wildman–Crippen LogP) is 1.09. The minimum Gasteiger partial charge on any atom is -0.480 e. The van der Waals surface area contributed by atoms with Gasteiger partial charge in [0.25, 0.3) is 0 Å². The summed E-state index contributed by atoms with van der Waals surface area (Å²) in [5, 5.41) is 11.5. The first-order valence-corrected chi connectivity index (χ1v) is 6.56. The molecule has 6 heteroatoms. The Hall–Kier alpha value is -1.59.